The van der Waals surface area contributed by atoms with Gasteiger partial charge in [-0.05, 0) is 43.5 Å². The van der Waals surface area contributed by atoms with Crippen molar-refractivity contribution in [3.05, 3.63) is 35.9 Å². The number of hydrogen-bond acceptors (Lipinski definition) is 5. The van der Waals surface area contributed by atoms with Crippen LogP contribution in [0.2, 0.25) is 18.1 Å². The van der Waals surface area contributed by atoms with Gasteiger partial charge >= 0.3 is 0 Å². The van der Waals surface area contributed by atoms with Gasteiger partial charge in [0.15, 0.2) is 8.32 Å². The van der Waals surface area contributed by atoms with Gasteiger partial charge in [0.05, 0.1) is 43.5 Å². The van der Waals surface area contributed by atoms with Crippen LogP contribution in [0.1, 0.15) is 58.9 Å². The molecule has 1 aromatic rings. The van der Waals surface area contributed by atoms with Crippen molar-refractivity contribution in [2.75, 3.05) is 13.2 Å². The molecule has 7 heteroatoms. The lowest BCUT2D eigenvalue weighted by Gasteiger charge is -2.53. The molecule has 1 N–H and O–H groups in total. The third-order valence-corrected chi connectivity index (χ3v) is 12.3. The Morgan fingerprint density at radius 3 is 2.30 bits per heavy atom. The second kappa shape index (κ2) is 10.4. The van der Waals surface area contributed by atoms with Crippen molar-refractivity contribution in [1.82, 2.24) is 5.32 Å². The van der Waals surface area contributed by atoms with Gasteiger partial charge in [0.2, 0.25) is 5.91 Å². The zero-order chi connectivity index (χ0) is 24.3. The van der Waals surface area contributed by atoms with Crippen molar-refractivity contribution in [2.24, 2.45) is 5.92 Å². The summed E-state index contributed by atoms with van der Waals surface area (Å²) in [6.45, 7) is 14.5. The van der Waals surface area contributed by atoms with Gasteiger partial charge in [0.1, 0.15) is 5.78 Å². The summed E-state index contributed by atoms with van der Waals surface area (Å²) in [4.78, 5) is 24.7. The first kappa shape index (κ1) is 26.1. The van der Waals surface area contributed by atoms with E-state index >= 15 is 0 Å². The van der Waals surface area contributed by atoms with E-state index in [1.54, 1.807) is 0 Å². The zero-order valence-electron chi connectivity index (χ0n) is 21.1. The number of carbonyl (C=O) groups excluding carboxylic acids is 2. The van der Waals surface area contributed by atoms with E-state index in [0.29, 0.717) is 45.5 Å². The Morgan fingerprint density at radius 1 is 1.09 bits per heavy atom. The number of rotatable bonds is 10. The van der Waals surface area contributed by atoms with E-state index in [1.165, 1.54) is 0 Å². The van der Waals surface area contributed by atoms with E-state index < -0.39 is 13.9 Å². The van der Waals surface area contributed by atoms with E-state index in [2.05, 4.69) is 39.2 Å². The normalized spacial score (nSPS) is 24.2. The summed E-state index contributed by atoms with van der Waals surface area (Å²) in [5, 5.41) is 3.18. The maximum atomic E-state index is 12.7. The van der Waals surface area contributed by atoms with E-state index in [9.17, 15) is 9.59 Å². The van der Waals surface area contributed by atoms with Gasteiger partial charge in [-0.3, -0.25) is 9.59 Å². The summed E-state index contributed by atoms with van der Waals surface area (Å²) >= 11 is 0. The van der Waals surface area contributed by atoms with Crippen molar-refractivity contribution >= 4 is 20.0 Å². The molecule has 3 atom stereocenters. The molecule has 1 aliphatic carbocycles. The molecule has 0 aromatic heterocycles. The molecule has 2 unspecified atom stereocenters. The minimum absolute atomic E-state index is 0.0198. The fourth-order valence-corrected chi connectivity index (χ4v) is 6.05. The van der Waals surface area contributed by atoms with Crippen LogP contribution >= 0.6 is 0 Å². The SMILES string of the molecule is C[C@@H](O[Si](C)(C)C(C)(C)C)C1C(=O)NC1C1(OCCOCc2ccccc2)CCC(=O)CC1. The quantitative estimate of drug-likeness (QED) is 0.303. The predicted molar refractivity (Wildman–Crippen MR) is 131 cm³/mol. The summed E-state index contributed by atoms with van der Waals surface area (Å²) < 4.78 is 18.8. The van der Waals surface area contributed by atoms with Crippen LogP contribution in [0.3, 0.4) is 0 Å². The summed E-state index contributed by atoms with van der Waals surface area (Å²) in [6.07, 6.45) is 2.03. The lowest BCUT2D eigenvalue weighted by molar-refractivity contribution is -0.171. The molecule has 0 bridgehead atoms. The van der Waals surface area contributed by atoms with Crippen LogP contribution < -0.4 is 5.32 Å². The van der Waals surface area contributed by atoms with Crippen LogP contribution in [0, 0.1) is 5.92 Å². The molecule has 3 rings (SSSR count). The number of ketones is 1. The Balaban J connectivity index is 1.64. The van der Waals surface area contributed by atoms with Gasteiger partial charge < -0.3 is 19.2 Å². The summed E-state index contributed by atoms with van der Waals surface area (Å²) in [6, 6.07) is 9.90. The highest BCUT2D eigenvalue weighted by Crippen LogP contribution is 2.43. The molecule has 1 aromatic carbocycles. The van der Waals surface area contributed by atoms with Crippen molar-refractivity contribution in [3.8, 4) is 0 Å². The first-order chi connectivity index (χ1) is 15.5. The highest BCUT2D eigenvalue weighted by atomic mass is 28.4. The second-order valence-electron chi connectivity index (χ2n) is 11.1. The number of carbonyl (C=O) groups is 2. The number of Topliss-reactive ketones (excluding diaryl/α,β-unsaturated/α-hetero) is 1. The molecule has 2 fully saturated rings. The molecule has 6 nitrogen and oxygen atoms in total. The summed E-state index contributed by atoms with van der Waals surface area (Å²) in [5.41, 5.74) is 0.576. The number of hydrogen-bond donors (Lipinski definition) is 1. The predicted octanol–water partition coefficient (Wildman–Crippen LogP) is 4.63. The first-order valence-corrected chi connectivity index (χ1v) is 15.1. The molecular weight excluding hydrogens is 434 g/mol. The minimum Gasteiger partial charge on any atom is -0.413 e. The first-order valence-electron chi connectivity index (χ1n) is 12.2. The molecule has 1 aliphatic heterocycles. The molecular formula is C26H41NO5Si. The van der Waals surface area contributed by atoms with Crippen molar-refractivity contribution in [1.29, 1.82) is 0 Å². The molecule has 0 spiro atoms. The smallest absolute Gasteiger partial charge is 0.228 e. The molecule has 1 saturated carbocycles. The molecule has 1 amide bonds. The fourth-order valence-electron chi connectivity index (χ4n) is 4.62. The number of benzene rings is 1. The molecule has 2 aliphatic rings. The van der Waals surface area contributed by atoms with E-state index in [4.69, 9.17) is 13.9 Å². The Bertz CT molecular complexity index is 810. The number of ether oxygens (including phenoxy) is 2. The van der Waals surface area contributed by atoms with Crippen LogP contribution in [-0.2, 0) is 30.1 Å². The largest absolute Gasteiger partial charge is 0.413 e. The third kappa shape index (κ3) is 6.12. The number of β-lactam (4-membered cyclic amide) rings is 1. The van der Waals surface area contributed by atoms with Crippen LogP contribution in [0.25, 0.3) is 0 Å². The Morgan fingerprint density at radius 2 is 1.73 bits per heavy atom. The van der Waals surface area contributed by atoms with Crippen molar-refractivity contribution in [3.63, 3.8) is 0 Å². The average Bonchev–Trinajstić information content (AvgIpc) is 2.73. The molecule has 1 heterocycles. The van der Waals surface area contributed by atoms with Crippen molar-refractivity contribution in [2.45, 2.75) is 95.9 Å². The maximum absolute atomic E-state index is 12.7. The van der Waals surface area contributed by atoms with Crippen LogP contribution in [0.5, 0.6) is 0 Å². The molecule has 184 valence electrons. The highest BCUT2D eigenvalue weighted by molar-refractivity contribution is 6.74. The van der Waals surface area contributed by atoms with Gasteiger partial charge in [0.25, 0.3) is 0 Å². The minimum atomic E-state index is -2.02. The van der Waals surface area contributed by atoms with Gasteiger partial charge in [0, 0.05) is 12.8 Å². The maximum Gasteiger partial charge on any atom is 0.228 e. The Hall–Kier alpha value is -1.54. The van der Waals surface area contributed by atoms with Crippen LogP contribution in [-0.4, -0.2) is 51.0 Å². The second-order valence-corrected chi connectivity index (χ2v) is 15.8. The molecule has 0 radical (unpaired) electrons. The van der Waals surface area contributed by atoms with Crippen molar-refractivity contribution < 1.29 is 23.5 Å². The van der Waals surface area contributed by atoms with E-state index in [0.717, 1.165) is 5.56 Å². The number of nitrogens with one attached hydrogen (secondary N) is 1. The topological polar surface area (TPSA) is 73.9 Å². The molecule has 1 saturated heterocycles. The fraction of sp³-hybridized carbons (Fsp3) is 0.692. The van der Waals surface area contributed by atoms with Gasteiger partial charge in [-0.2, -0.15) is 0 Å². The monoisotopic (exact) mass is 475 g/mol. The Labute approximate surface area is 199 Å². The molecule has 33 heavy (non-hydrogen) atoms. The summed E-state index contributed by atoms with van der Waals surface area (Å²) in [5.74, 6) is 0.0197. The highest BCUT2D eigenvalue weighted by Gasteiger charge is 2.57. The lowest BCUT2D eigenvalue weighted by atomic mass is 9.69. The number of amides is 1. The van der Waals surface area contributed by atoms with Gasteiger partial charge in [-0.25, -0.2) is 0 Å². The van der Waals surface area contributed by atoms with Crippen LogP contribution in [0.4, 0.5) is 0 Å². The third-order valence-electron chi connectivity index (χ3n) is 7.70. The van der Waals surface area contributed by atoms with E-state index in [1.807, 2.05) is 37.3 Å². The standard InChI is InChI=1S/C26H41NO5Si/c1-19(32-33(5,6)25(2,3)4)22-23(27-24(22)29)26(14-12-21(28)13-15-26)31-17-16-30-18-20-10-8-7-9-11-20/h7-11,19,22-23H,12-18H2,1-6H3,(H,27,29)/t19-,22?,23?/m1/s1. The van der Waals surface area contributed by atoms with Gasteiger partial charge in [-0.15, -0.1) is 0 Å². The zero-order valence-corrected chi connectivity index (χ0v) is 22.1. The summed E-state index contributed by atoms with van der Waals surface area (Å²) in [7, 11) is -2.02. The Kier molecular flexibility index (Phi) is 8.20. The lowest BCUT2D eigenvalue weighted by Crippen LogP contribution is -2.73. The van der Waals surface area contributed by atoms with E-state index in [-0.39, 0.29) is 34.8 Å². The average molecular weight is 476 g/mol. The van der Waals surface area contributed by atoms with Crippen LogP contribution in [0.15, 0.2) is 30.3 Å². The van der Waals surface area contributed by atoms with Gasteiger partial charge in [-0.1, -0.05) is 51.1 Å².